The van der Waals surface area contributed by atoms with Crippen LogP contribution in [-0.4, -0.2) is 28.1 Å². The predicted molar refractivity (Wildman–Crippen MR) is 90.0 cm³/mol. The van der Waals surface area contributed by atoms with E-state index in [9.17, 15) is 28.1 Å². The van der Waals surface area contributed by atoms with E-state index in [4.69, 9.17) is 15.6 Å². The molecule has 8 nitrogen and oxygen atoms in total. The largest absolute Gasteiger partial charge is 0.490 e. The fourth-order valence-corrected chi connectivity index (χ4v) is 1.79. The highest BCUT2D eigenvalue weighted by atomic mass is 19.4. The van der Waals surface area contributed by atoms with Gasteiger partial charge in [-0.2, -0.15) is 13.2 Å². The highest BCUT2D eigenvalue weighted by Gasteiger charge is 2.38. The topological polar surface area (TPSA) is 136 Å². The zero-order chi connectivity index (χ0) is 20.6. The summed E-state index contributed by atoms with van der Waals surface area (Å²) in [6.45, 7) is 0. The number of rotatable bonds is 4. The molecule has 1 amide bonds. The number of nitrogens with two attached hydrogens (primary N) is 1. The molecule has 11 heteroatoms. The van der Waals surface area contributed by atoms with Crippen LogP contribution in [0.5, 0.6) is 0 Å². The molecule has 0 aromatic heterocycles. The minimum Gasteiger partial charge on any atom is -0.475 e. The minimum atomic E-state index is -5.08. The molecule has 0 aliphatic carbocycles. The van der Waals surface area contributed by atoms with Gasteiger partial charge < -0.3 is 16.2 Å². The van der Waals surface area contributed by atoms with Gasteiger partial charge in [0.25, 0.3) is 5.69 Å². The summed E-state index contributed by atoms with van der Waals surface area (Å²) in [5.74, 6) is -3.01. The molecule has 0 spiro atoms. The van der Waals surface area contributed by atoms with Crippen molar-refractivity contribution >= 4 is 28.9 Å². The van der Waals surface area contributed by atoms with Crippen LogP contribution in [0.2, 0.25) is 0 Å². The number of hydrogen-bond acceptors (Lipinski definition) is 5. The Kier molecular flexibility index (Phi) is 7.28. The van der Waals surface area contributed by atoms with E-state index >= 15 is 0 Å². The van der Waals surface area contributed by atoms with Crippen LogP contribution in [0.3, 0.4) is 0 Å². The summed E-state index contributed by atoms with van der Waals surface area (Å²) in [7, 11) is 0. The number of non-ortho nitro benzene ring substituents is 1. The summed E-state index contributed by atoms with van der Waals surface area (Å²) >= 11 is 0. The van der Waals surface area contributed by atoms with Gasteiger partial charge in [-0.3, -0.25) is 14.9 Å². The van der Waals surface area contributed by atoms with Gasteiger partial charge in [0.1, 0.15) is 0 Å². The maximum atomic E-state index is 11.9. The zero-order valence-corrected chi connectivity index (χ0v) is 13.6. The fourth-order valence-electron chi connectivity index (χ4n) is 1.79. The summed E-state index contributed by atoms with van der Waals surface area (Å²) in [4.78, 5) is 30.9. The molecule has 0 saturated carbocycles. The third-order valence-corrected chi connectivity index (χ3v) is 2.90. The van der Waals surface area contributed by atoms with Crippen LogP contribution in [0.1, 0.15) is 5.56 Å². The van der Waals surface area contributed by atoms with Gasteiger partial charge in [0, 0.05) is 23.5 Å². The molecule has 0 unspecified atom stereocenters. The number of carboxylic acid groups (broad SMARTS) is 1. The molecule has 2 rings (SSSR count). The Morgan fingerprint density at radius 2 is 1.74 bits per heavy atom. The summed E-state index contributed by atoms with van der Waals surface area (Å²) < 4.78 is 31.7. The first kappa shape index (κ1) is 21.4. The van der Waals surface area contributed by atoms with Crippen LogP contribution in [0, 0.1) is 10.1 Å². The minimum absolute atomic E-state index is 0.0285. The van der Waals surface area contributed by atoms with Crippen molar-refractivity contribution in [1.82, 2.24) is 0 Å². The second kappa shape index (κ2) is 9.17. The molecule has 0 heterocycles. The normalized spacial score (nSPS) is 10.3. The van der Waals surface area contributed by atoms with Crippen LogP contribution < -0.4 is 11.1 Å². The van der Waals surface area contributed by atoms with Gasteiger partial charge in [0.2, 0.25) is 5.91 Å². The van der Waals surface area contributed by atoms with E-state index in [1.807, 2.05) is 0 Å². The van der Waals surface area contributed by atoms with E-state index in [2.05, 4.69) is 5.32 Å². The third kappa shape index (κ3) is 7.86. The quantitative estimate of drug-likeness (QED) is 0.421. The molecule has 0 aliphatic rings. The highest BCUT2D eigenvalue weighted by Crippen LogP contribution is 2.15. The first-order valence-electron chi connectivity index (χ1n) is 7.18. The first-order valence-corrected chi connectivity index (χ1v) is 7.18. The second-order valence-electron chi connectivity index (χ2n) is 5.08. The van der Waals surface area contributed by atoms with E-state index in [-0.39, 0.29) is 18.0 Å². The lowest BCUT2D eigenvalue weighted by molar-refractivity contribution is -0.384. The maximum absolute atomic E-state index is 11.9. The summed E-state index contributed by atoms with van der Waals surface area (Å²) in [5, 5.41) is 20.5. The molecule has 0 bridgehead atoms. The molecule has 2 aromatic carbocycles. The Morgan fingerprint density at radius 3 is 2.26 bits per heavy atom. The van der Waals surface area contributed by atoms with Gasteiger partial charge in [-0.15, -0.1) is 0 Å². The van der Waals surface area contributed by atoms with Gasteiger partial charge >= 0.3 is 12.1 Å². The summed E-state index contributed by atoms with van der Waals surface area (Å²) in [6, 6.07) is 12.8. The smallest absolute Gasteiger partial charge is 0.475 e. The molecule has 0 radical (unpaired) electrons. The number of carboxylic acids is 1. The van der Waals surface area contributed by atoms with Crippen molar-refractivity contribution < 1.29 is 32.8 Å². The number of alkyl halides is 3. The average molecular weight is 385 g/mol. The number of carbonyl (C=O) groups is 2. The number of benzene rings is 2. The zero-order valence-electron chi connectivity index (χ0n) is 13.6. The van der Waals surface area contributed by atoms with Crippen molar-refractivity contribution in [3.05, 3.63) is 64.2 Å². The van der Waals surface area contributed by atoms with Crippen LogP contribution >= 0.6 is 0 Å². The molecular formula is C16H14F3N3O5. The SMILES string of the molecule is Nc1cccc(NC(=O)Cc2cccc([N+](=O)[O-])c2)c1.O=C(O)C(F)(F)F. The Morgan fingerprint density at radius 1 is 1.15 bits per heavy atom. The molecule has 4 N–H and O–H groups in total. The summed E-state index contributed by atoms with van der Waals surface area (Å²) in [6.07, 6.45) is -5.02. The number of aliphatic carboxylic acids is 1. The second-order valence-corrected chi connectivity index (χ2v) is 5.08. The number of halogens is 3. The number of nitrogen functional groups attached to an aromatic ring is 1. The molecule has 27 heavy (non-hydrogen) atoms. The molecular weight excluding hydrogens is 371 g/mol. The monoisotopic (exact) mass is 385 g/mol. The van der Waals surface area contributed by atoms with E-state index in [1.165, 1.54) is 12.1 Å². The molecule has 0 atom stereocenters. The number of hydrogen-bond donors (Lipinski definition) is 3. The van der Waals surface area contributed by atoms with Crippen molar-refractivity contribution in [2.45, 2.75) is 12.6 Å². The van der Waals surface area contributed by atoms with Gasteiger partial charge in [0.15, 0.2) is 0 Å². The van der Waals surface area contributed by atoms with Crippen molar-refractivity contribution in [2.24, 2.45) is 0 Å². The molecule has 0 aliphatic heterocycles. The number of nitro groups is 1. The number of anilines is 2. The Bertz CT molecular complexity index is 840. The van der Waals surface area contributed by atoms with Crippen LogP contribution in [0.4, 0.5) is 30.2 Å². The standard InChI is InChI=1S/C14H13N3O3.C2HF3O2/c15-11-4-2-5-12(9-11)16-14(18)8-10-3-1-6-13(7-10)17(19)20;3-2(4,5)1(6)7/h1-7,9H,8,15H2,(H,16,18);(H,6,7). The van der Waals surface area contributed by atoms with Crippen molar-refractivity contribution in [1.29, 1.82) is 0 Å². The number of nitrogens with one attached hydrogen (secondary N) is 1. The van der Waals surface area contributed by atoms with Crippen molar-refractivity contribution in [3.63, 3.8) is 0 Å². The molecule has 144 valence electrons. The third-order valence-electron chi connectivity index (χ3n) is 2.90. The van der Waals surface area contributed by atoms with Crippen molar-refractivity contribution in [2.75, 3.05) is 11.1 Å². The van der Waals surface area contributed by atoms with Gasteiger partial charge in [-0.1, -0.05) is 18.2 Å². The molecule has 0 saturated heterocycles. The van der Waals surface area contributed by atoms with Gasteiger partial charge in [0.05, 0.1) is 11.3 Å². The Hall–Kier alpha value is -3.63. The summed E-state index contributed by atoms with van der Waals surface area (Å²) in [5.41, 5.74) is 7.32. The lowest BCUT2D eigenvalue weighted by Gasteiger charge is -2.06. The molecule has 0 fully saturated rings. The lowest BCUT2D eigenvalue weighted by Crippen LogP contribution is -2.21. The maximum Gasteiger partial charge on any atom is 0.490 e. The van der Waals surface area contributed by atoms with E-state index in [1.54, 1.807) is 36.4 Å². The number of nitro benzene ring substituents is 1. The average Bonchev–Trinajstić information content (AvgIpc) is 2.54. The number of carbonyl (C=O) groups excluding carboxylic acids is 1. The number of amides is 1. The van der Waals surface area contributed by atoms with Gasteiger partial charge in [-0.25, -0.2) is 4.79 Å². The van der Waals surface area contributed by atoms with Crippen LogP contribution in [-0.2, 0) is 16.0 Å². The van der Waals surface area contributed by atoms with Crippen LogP contribution in [0.25, 0.3) is 0 Å². The van der Waals surface area contributed by atoms with E-state index in [0.717, 1.165) is 0 Å². The van der Waals surface area contributed by atoms with Crippen LogP contribution in [0.15, 0.2) is 48.5 Å². The highest BCUT2D eigenvalue weighted by molar-refractivity contribution is 5.92. The fraction of sp³-hybridized carbons (Fsp3) is 0.125. The molecule has 2 aromatic rings. The first-order chi connectivity index (χ1) is 12.5. The lowest BCUT2D eigenvalue weighted by atomic mass is 10.1. The van der Waals surface area contributed by atoms with E-state index in [0.29, 0.717) is 16.9 Å². The Balaban J connectivity index is 0.000000445. The van der Waals surface area contributed by atoms with Crippen molar-refractivity contribution in [3.8, 4) is 0 Å². The number of nitrogens with zero attached hydrogens (tertiary/aromatic N) is 1. The predicted octanol–water partition coefficient (Wildman–Crippen LogP) is 2.99. The van der Waals surface area contributed by atoms with Gasteiger partial charge in [-0.05, 0) is 23.8 Å². The van der Waals surface area contributed by atoms with E-state index < -0.39 is 17.1 Å². The Labute approximate surface area is 150 Å².